The van der Waals surface area contributed by atoms with E-state index in [-0.39, 0.29) is 0 Å². The zero-order valence-electron chi connectivity index (χ0n) is 9.60. The van der Waals surface area contributed by atoms with Gasteiger partial charge in [-0.3, -0.25) is 0 Å². The van der Waals surface area contributed by atoms with E-state index < -0.39 is 0 Å². The predicted molar refractivity (Wildman–Crippen MR) is 64.9 cm³/mol. The van der Waals surface area contributed by atoms with Gasteiger partial charge in [0.05, 0.1) is 0 Å². The molecule has 1 heterocycles. The molecule has 16 heavy (non-hydrogen) atoms. The number of pyridine rings is 1. The lowest BCUT2D eigenvalue weighted by molar-refractivity contribution is 0.462. The number of hydrogen-bond acceptors (Lipinski definition) is 2. The molecule has 0 atom stereocenters. The van der Waals surface area contributed by atoms with Crippen molar-refractivity contribution in [3.05, 3.63) is 53.7 Å². The minimum Gasteiger partial charge on any atom is -0.439 e. The Labute approximate surface area is 95.9 Å². The molecule has 0 fully saturated rings. The summed E-state index contributed by atoms with van der Waals surface area (Å²) in [5.41, 5.74) is 2.40. The molecule has 0 N–H and O–H groups in total. The number of benzene rings is 1. The molecule has 0 spiro atoms. The first kappa shape index (κ1) is 10.7. The van der Waals surface area contributed by atoms with Crippen molar-refractivity contribution in [2.24, 2.45) is 0 Å². The minimum absolute atomic E-state index is 0.641. The van der Waals surface area contributed by atoms with Crippen LogP contribution < -0.4 is 4.74 Å². The molecule has 2 nitrogen and oxygen atoms in total. The number of rotatable bonds is 3. The summed E-state index contributed by atoms with van der Waals surface area (Å²) in [5.74, 6) is 1.47. The maximum atomic E-state index is 5.65. The molecule has 0 amide bonds. The number of ether oxygens (including phenoxy) is 1. The van der Waals surface area contributed by atoms with Gasteiger partial charge >= 0.3 is 0 Å². The van der Waals surface area contributed by atoms with Gasteiger partial charge in [0, 0.05) is 12.3 Å². The van der Waals surface area contributed by atoms with Crippen LogP contribution in [0.1, 0.15) is 18.1 Å². The minimum atomic E-state index is 0.641. The molecule has 0 aliphatic carbocycles. The van der Waals surface area contributed by atoms with Gasteiger partial charge in [-0.25, -0.2) is 4.98 Å². The van der Waals surface area contributed by atoms with Crippen molar-refractivity contribution in [1.82, 2.24) is 4.98 Å². The lowest BCUT2D eigenvalue weighted by Crippen LogP contribution is -1.89. The SMILES string of the molecule is CCc1ccc(Oc2cccc(C)c2)nc1. The highest BCUT2D eigenvalue weighted by Crippen LogP contribution is 2.20. The Morgan fingerprint density at radius 1 is 1.19 bits per heavy atom. The Kier molecular flexibility index (Phi) is 3.20. The molecule has 1 aromatic carbocycles. The third-order valence-electron chi connectivity index (χ3n) is 2.42. The van der Waals surface area contributed by atoms with E-state index in [1.165, 1.54) is 11.1 Å². The van der Waals surface area contributed by atoms with Crippen molar-refractivity contribution in [3.63, 3.8) is 0 Å². The van der Waals surface area contributed by atoms with Crippen molar-refractivity contribution in [3.8, 4) is 11.6 Å². The van der Waals surface area contributed by atoms with Crippen LogP contribution >= 0.6 is 0 Å². The molecule has 0 saturated heterocycles. The van der Waals surface area contributed by atoms with Gasteiger partial charge in [-0.2, -0.15) is 0 Å². The first-order valence-corrected chi connectivity index (χ1v) is 5.47. The van der Waals surface area contributed by atoms with Gasteiger partial charge in [0.15, 0.2) is 0 Å². The van der Waals surface area contributed by atoms with E-state index in [2.05, 4.69) is 11.9 Å². The van der Waals surface area contributed by atoms with Crippen LogP contribution in [-0.4, -0.2) is 4.98 Å². The Bertz CT molecular complexity index is 462. The van der Waals surface area contributed by atoms with Crippen molar-refractivity contribution < 1.29 is 4.74 Å². The summed E-state index contributed by atoms with van der Waals surface area (Å²) in [6.07, 6.45) is 2.85. The second-order valence-electron chi connectivity index (χ2n) is 3.78. The first-order valence-electron chi connectivity index (χ1n) is 5.47. The van der Waals surface area contributed by atoms with Crippen molar-refractivity contribution in [2.45, 2.75) is 20.3 Å². The molecule has 82 valence electrons. The summed E-state index contributed by atoms with van der Waals surface area (Å²) in [5, 5.41) is 0. The second-order valence-corrected chi connectivity index (χ2v) is 3.78. The van der Waals surface area contributed by atoms with Gasteiger partial charge in [0.25, 0.3) is 0 Å². The maximum absolute atomic E-state index is 5.65. The summed E-state index contributed by atoms with van der Waals surface area (Å²) < 4.78 is 5.65. The third kappa shape index (κ3) is 2.60. The average Bonchev–Trinajstić information content (AvgIpc) is 2.30. The van der Waals surface area contributed by atoms with E-state index in [9.17, 15) is 0 Å². The fourth-order valence-corrected chi connectivity index (χ4v) is 1.48. The molecule has 0 unspecified atom stereocenters. The van der Waals surface area contributed by atoms with Gasteiger partial charge in [0.2, 0.25) is 5.88 Å². The van der Waals surface area contributed by atoms with E-state index in [1.54, 1.807) is 0 Å². The van der Waals surface area contributed by atoms with E-state index in [0.717, 1.165) is 12.2 Å². The summed E-state index contributed by atoms with van der Waals surface area (Å²) in [4.78, 5) is 4.25. The molecule has 1 aromatic heterocycles. The summed E-state index contributed by atoms with van der Waals surface area (Å²) in [7, 11) is 0. The lowest BCUT2D eigenvalue weighted by Gasteiger charge is -2.05. The molecule has 2 rings (SSSR count). The van der Waals surface area contributed by atoms with Gasteiger partial charge in [0.1, 0.15) is 5.75 Å². The fraction of sp³-hybridized carbons (Fsp3) is 0.214. The molecule has 2 aromatic rings. The van der Waals surface area contributed by atoms with Crippen LogP contribution in [0.2, 0.25) is 0 Å². The van der Waals surface area contributed by atoms with E-state index in [1.807, 2.05) is 49.5 Å². The molecule has 0 radical (unpaired) electrons. The molecule has 0 bridgehead atoms. The Morgan fingerprint density at radius 2 is 2.06 bits per heavy atom. The van der Waals surface area contributed by atoms with E-state index >= 15 is 0 Å². The monoisotopic (exact) mass is 213 g/mol. The Hall–Kier alpha value is -1.83. The van der Waals surface area contributed by atoms with Crippen molar-refractivity contribution >= 4 is 0 Å². The van der Waals surface area contributed by atoms with Crippen LogP contribution in [0, 0.1) is 6.92 Å². The largest absolute Gasteiger partial charge is 0.439 e. The van der Waals surface area contributed by atoms with Crippen LogP contribution in [0.3, 0.4) is 0 Å². The molecular formula is C14H15NO. The van der Waals surface area contributed by atoms with Crippen molar-refractivity contribution in [1.29, 1.82) is 0 Å². The zero-order chi connectivity index (χ0) is 11.4. The molecule has 0 saturated carbocycles. The van der Waals surface area contributed by atoms with Crippen molar-refractivity contribution in [2.75, 3.05) is 0 Å². The number of hydrogen-bond donors (Lipinski definition) is 0. The lowest BCUT2D eigenvalue weighted by atomic mass is 10.2. The summed E-state index contributed by atoms with van der Waals surface area (Å²) in [6, 6.07) is 11.9. The smallest absolute Gasteiger partial charge is 0.219 e. The summed E-state index contributed by atoms with van der Waals surface area (Å²) in [6.45, 7) is 4.15. The van der Waals surface area contributed by atoms with Crippen LogP contribution in [0.15, 0.2) is 42.6 Å². The number of aryl methyl sites for hydroxylation is 2. The second kappa shape index (κ2) is 4.79. The predicted octanol–water partition coefficient (Wildman–Crippen LogP) is 3.74. The molecular weight excluding hydrogens is 198 g/mol. The normalized spacial score (nSPS) is 10.1. The number of nitrogens with zero attached hydrogens (tertiary/aromatic N) is 1. The van der Waals surface area contributed by atoms with Gasteiger partial charge < -0.3 is 4.74 Å². The quantitative estimate of drug-likeness (QED) is 0.774. The van der Waals surface area contributed by atoms with Gasteiger partial charge in [-0.1, -0.05) is 25.1 Å². The molecule has 2 heteroatoms. The van der Waals surface area contributed by atoms with E-state index in [4.69, 9.17) is 4.74 Å². The Balaban J connectivity index is 2.14. The van der Waals surface area contributed by atoms with Crippen LogP contribution in [0.5, 0.6) is 11.6 Å². The number of aromatic nitrogens is 1. The highest BCUT2D eigenvalue weighted by atomic mass is 16.5. The van der Waals surface area contributed by atoms with Crippen LogP contribution in [-0.2, 0) is 6.42 Å². The van der Waals surface area contributed by atoms with Crippen LogP contribution in [0.25, 0.3) is 0 Å². The molecule has 0 aliphatic heterocycles. The average molecular weight is 213 g/mol. The van der Waals surface area contributed by atoms with Gasteiger partial charge in [-0.05, 0) is 36.6 Å². The Morgan fingerprint density at radius 3 is 2.69 bits per heavy atom. The summed E-state index contributed by atoms with van der Waals surface area (Å²) >= 11 is 0. The fourth-order valence-electron chi connectivity index (χ4n) is 1.48. The van der Waals surface area contributed by atoms with Crippen LogP contribution in [0.4, 0.5) is 0 Å². The van der Waals surface area contributed by atoms with Gasteiger partial charge in [-0.15, -0.1) is 0 Å². The first-order chi connectivity index (χ1) is 7.78. The topological polar surface area (TPSA) is 22.1 Å². The highest BCUT2D eigenvalue weighted by molar-refractivity contribution is 5.31. The maximum Gasteiger partial charge on any atom is 0.219 e. The zero-order valence-corrected chi connectivity index (χ0v) is 9.60. The highest BCUT2D eigenvalue weighted by Gasteiger charge is 1.98. The molecule has 0 aliphatic rings. The third-order valence-corrected chi connectivity index (χ3v) is 2.42. The standard InChI is InChI=1S/C14H15NO/c1-3-12-7-8-14(15-10-12)16-13-6-4-5-11(2)9-13/h4-10H,3H2,1-2H3. The van der Waals surface area contributed by atoms with E-state index in [0.29, 0.717) is 5.88 Å².